The first-order valence-electron chi connectivity index (χ1n) is 6.78. The first-order chi connectivity index (χ1) is 9.09. The van der Waals surface area contributed by atoms with Crippen molar-refractivity contribution in [1.29, 1.82) is 0 Å². The number of halogens is 1. The van der Waals surface area contributed by atoms with Gasteiger partial charge in [-0.25, -0.2) is 0 Å². The number of hydrogen-bond acceptors (Lipinski definition) is 4. The third kappa shape index (κ3) is 8.05. The van der Waals surface area contributed by atoms with Crippen molar-refractivity contribution < 1.29 is 9.84 Å². The molecule has 1 aromatic heterocycles. The number of rotatable bonds is 10. The van der Waals surface area contributed by atoms with E-state index in [1.807, 2.05) is 6.07 Å². The molecule has 0 saturated heterocycles. The molecule has 0 aromatic carbocycles. The van der Waals surface area contributed by atoms with Crippen LogP contribution in [0.25, 0.3) is 0 Å². The van der Waals surface area contributed by atoms with E-state index in [4.69, 9.17) is 4.74 Å². The lowest BCUT2D eigenvalue weighted by atomic mass is 10.1. The molecule has 0 radical (unpaired) electrons. The van der Waals surface area contributed by atoms with E-state index in [-0.39, 0.29) is 0 Å². The van der Waals surface area contributed by atoms with Gasteiger partial charge < -0.3 is 15.2 Å². The van der Waals surface area contributed by atoms with Crippen LogP contribution >= 0.6 is 27.3 Å². The molecule has 0 aliphatic rings. The zero-order valence-corrected chi connectivity index (χ0v) is 14.1. The summed E-state index contributed by atoms with van der Waals surface area (Å²) in [5.74, 6) is 0.722. The molecule has 1 atom stereocenters. The van der Waals surface area contributed by atoms with Crippen molar-refractivity contribution in [1.82, 2.24) is 5.32 Å². The Balaban J connectivity index is 1.99. The van der Waals surface area contributed by atoms with Crippen LogP contribution in [-0.2, 0) is 11.3 Å². The minimum absolute atomic E-state index is 0.413. The first-order valence-corrected chi connectivity index (χ1v) is 8.45. The second-order valence-electron chi connectivity index (χ2n) is 5.09. The molecule has 0 fully saturated rings. The standard InChI is InChI=1S/C14H24BrNO2S/c1-11(2)4-3-6-18-10-12(17)8-16-9-14-13(15)5-7-19-14/h5,7,11-12,16-17H,3-4,6,8-10H2,1-2H3. The van der Waals surface area contributed by atoms with Gasteiger partial charge >= 0.3 is 0 Å². The highest BCUT2D eigenvalue weighted by Crippen LogP contribution is 2.21. The molecule has 1 unspecified atom stereocenters. The maximum atomic E-state index is 9.76. The summed E-state index contributed by atoms with van der Waals surface area (Å²) < 4.78 is 6.59. The van der Waals surface area contributed by atoms with Crippen molar-refractivity contribution in [3.8, 4) is 0 Å². The highest BCUT2D eigenvalue weighted by molar-refractivity contribution is 9.10. The number of ether oxygens (including phenoxy) is 1. The van der Waals surface area contributed by atoms with Crippen molar-refractivity contribution in [2.24, 2.45) is 5.92 Å². The molecule has 3 nitrogen and oxygen atoms in total. The molecule has 0 saturated carbocycles. The smallest absolute Gasteiger partial charge is 0.0897 e. The normalized spacial score (nSPS) is 13.1. The largest absolute Gasteiger partial charge is 0.389 e. The van der Waals surface area contributed by atoms with Crippen LogP contribution in [0, 0.1) is 5.92 Å². The Morgan fingerprint density at radius 3 is 2.89 bits per heavy atom. The Morgan fingerprint density at radius 1 is 1.47 bits per heavy atom. The van der Waals surface area contributed by atoms with Gasteiger partial charge in [-0.1, -0.05) is 13.8 Å². The summed E-state index contributed by atoms with van der Waals surface area (Å²) in [6, 6.07) is 2.04. The number of hydrogen-bond donors (Lipinski definition) is 2. The number of aliphatic hydroxyl groups is 1. The van der Waals surface area contributed by atoms with Gasteiger partial charge in [-0.3, -0.25) is 0 Å². The van der Waals surface area contributed by atoms with Crippen molar-refractivity contribution in [3.63, 3.8) is 0 Å². The van der Waals surface area contributed by atoms with E-state index in [9.17, 15) is 5.11 Å². The minimum Gasteiger partial charge on any atom is -0.389 e. The Hall–Kier alpha value is 0.0600. The van der Waals surface area contributed by atoms with Gasteiger partial charge in [0.2, 0.25) is 0 Å². The maximum absolute atomic E-state index is 9.76. The lowest BCUT2D eigenvalue weighted by Crippen LogP contribution is -2.30. The van der Waals surface area contributed by atoms with Gasteiger partial charge in [0.15, 0.2) is 0 Å². The summed E-state index contributed by atoms with van der Waals surface area (Å²) in [5, 5.41) is 15.0. The van der Waals surface area contributed by atoms with E-state index in [1.54, 1.807) is 11.3 Å². The van der Waals surface area contributed by atoms with Crippen LogP contribution in [0.5, 0.6) is 0 Å². The number of thiophene rings is 1. The van der Waals surface area contributed by atoms with Gasteiger partial charge in [0.25, 0.3) is 0 Å². The number of aliphatic hydroxyl groups excluding tert-OH is 1. The van der Waals surface area contributed by atoms with Gasteiger partial charge in [0, 0.05) is 29.0 Å². The quantitative estimate of drug-likeness (QED) is 0.636. The van der Waals surface area contributed by atoms with Crippen LogP contribution in [0.2, 0.25) is 0 Å². The van der Waals surface area contributed by atoms with Gasteiger partial charge in [-0.2, -0.15) is 0 Å². The first kappa shape index (κ1) is 17.1. The van der Waals surface area contributed by atoms with E-state index in [1.165, 1.54) is 11.3 Å². The molecule has 0 amide bonds. The summed E-state index contributed by atoms with van der Waals surface area (Å²) in [5.41, 5.74) is 0. The Bertz CT molecular complexity index is 344. The van der Waals surface area contributed by atoms with E-state index in [0.29, 0.717) is 13.2 Å². The van der Waals surface area contributed by atoms with E-state index in [2.05, 4.69) is 40.5 Å². The van der Waals surface area contributed by atoms with Crippen molar-refractivity contribution >= 4 is 27.3 Å². The molecule has 110 valence electrons. The summed E-state index contributed by atoms with van der Waals surface area (Å²) in [6.45, 7) is 6.92. The lowest BCUT2D eigenvalue weighted by molar-refractivity contribution is 0.0347. The molecule has 0 aliphatic carbocycles. The molecule has 1 aromatic rings. The highest BCUT2D eigenvalue weighted by atomic mass is 79.9. The Kier molecular flexibility index (Phi) is 8.90. The number of nitrogens with one attached hydrogen (secondary N) is 1. The Labute approximate surface area is 128 Å². The van der Waals surface area contributed by atoms with Crippen LogP contribution in [0.3, 0.4) is 0 Å². The van der Waals surface area contributed by atoms with Crippen LogP contribution < -0.4 is 5.32 Å². The van der Waals surface area contributed by atoms with Crippen molar-refractivity contribution in [2.75, 3.05) is 19.8 Å². The zero-order chi connectivity index (χ0) is 14.1. The molecule has 2 N–H and O–H groups in total. The van der Waals surface area contributed by atoms with Crippen LogP contribution in [-0.4, -0.2) is 31.0 Å². The highest BCUT2D eigenvalue weighted by Gasteiger charge is 2.05. The molecule has 5 heteroatoms. The van der Waals surface area contributed by atoms with E-state index in [0.717, 1.165) is 30.0 Å². The average molecular weight is 350 g/mol. The Morgan fingerprint density at radius 2 is 2.26 bits per heavy atom. The molecular weight excluding hydrogens is 326 g/mol. The predicted molar refractivity (Wildman–Crippen MR) is 84.6 cm³/mol. The second kappa shape index (κ2) is 9.88. The van der Waals surface area contributed by atoms with Crippen LogP contribution in [0.1, 0.15) is 31.6 Å². The fourth-order valence-electron chi connectivity index (χ4n) is 1.68. The van der Waals surface area contributed by atoms with Crippen molar-refractivity contribution in [3.05, 3.63) is 20.8 Å². The zero-order valence-electron chi connectivity index (χ0n) is 11.7. The molecule has 0 aliphatic heterocycles. The third-order valence-electron chi connectivity index (χ3n) is 2.74. The SMILES string of the molecule is CC(C)CCCOCC(O)CNCc1sccc1Br. The van der Waals surface area contributed by atoms with E-state index >= 15 is 0 Å². The molecule has 1 rings (SSSR count). The second-order valence-corrected chi connectivity index (χ2v) is 6.94. The fourth-order valence-corrected chi connectivity index (χ4v) is 3.14. The topological polar surface area (TPSA) is 41.5 Å². The molecule has 19 heavy (non-hydrogen) atoms. The summed E-state index contributed by atoms with van der Waals surface area (Å²) in [6.07, 6.45) is 1.82. The maximum Gasteiger partial charge on any atom is 0.0897 e. The van der Waals surface area contributed by atoms with Crippen molar-refractivity contribution in [2.45, 2.75) is 39.3 Å². The molecule has 0 spiro atoms. The van der Waals surface area contributed by atoms with Crippen LogP contribution in [0.15, 0.2) is 15.9 Å². The van der Waals surface area contributed by atoms with Gasteiger partial charge in [0.1, 0.15) is 0 Å². The van der Waals surface area contributed by atoms with Gasteiger partial charge in [-0.15, -0.1) is 11.3 Å². The lowest BCUT2D eigenvalue weighted by Gasteiger charge is -2.12. The fraction of sp³-hybridized carbons (Fsp3) is 0.714. The minimum atomic E-state index is -0.433. The molecular formula is C14H24BrNO2S. The monoisotopic (exact) mass is 349 g/mol. The van der Waals surface area contributed by atoms with E-state index < -0.39 is 6.10 Å². The van der Waals surface area contributed by atoms with Gasteiger partial charge in [-0.05, 0) is 46.1 Å². The third-order valence-corrected chi connectivity index (χ3v) is 4.66. The summed E-state index contributed by atoms with van der Waals surface area (Å²) in [4.78, 5) is 1.25. The van der Waals surface area contributed by atoms with Crippen LogP contribution in [0.4, 0.5) is 0 Å². The molecule has 1 heterocycles. The summed E-state index contributed by atoms with van der Waals surface area (Å²) >= 11 is 5.19. The summed E-state index contributed by atoms with van der Waals surface area (Å²) in [7, 11) is 0. The predicted octanol–water partition coefficient (Wildman–Crippen LogP) is 3.41. The average Bonchev–Trinajstić information content (AvgIpc) is 2.74. The molecule has 0 bridgehead atoms. The van der Waals surface area contributed by atoms with Gasteiger partial charge in [0.05, 0.1) is 12.7 Å².